The molecule has 0 aliphatic carbocycles. The molecule has 158 valence electrons. The maximum Gasteiger partial charge on any atom is 0.225 e. The summed E-state index contributed by atoms with van der Waals surface area (Å²) in [6.07, 6.45) is 6.36. The van der Waals surface area contributed by atoms with E-state index in [0.29, 0.717) is 11.4 Å². The molecule has 1 aliphatic heterocycles. The molecule has 31 heavy (non-hydrogen) atoms. The van der Waals surface area contributed by atoms with Crippen LogP contribution in [0.1, 0.15) is 42.7 Å². The summed E-state index contributed by atoms with van der Waals surface area (Å²) in [5.41, 5.74) is 3.15. The highest BCUT2D eigenvalue weighted by Crippen LogP contribution is 2.35. The second-order valence-electron chi connectivity index (χ2n) is 8.16. The fourth-order valence-corrected chi connectivity index (χ4v) is 4.84. The van der Waals surface area contributed by atoms with Crippen LogP contribution in [-0.2, 0) is 11.8 Å². The summed E-state index contributed by atoms with van der Waals surface area (Å²) in [7, 11) is 2.04. The van der Waals surface area contributed by atoms with E-state index in [4.69, 9.17) is 16.6 Å². The molecule has 1 amide bonds. The molecule has 0 spiro atoms. The molecule has 1 aliphatic rings. The number of benzene rings is 2. The highest BCUT2D eigenvalue weighted by molar-refractivity contribution is 6.30. The number of aromatic nitrogens is 3. The van der Waals surface area contributed by atoms with Crippen molar-refractivity contribution in [3.05, 3.63) is 89.5 Å². The van der Waals surface area contributed by atoms with E-state index in [-0.39, 0.29) is 18.0 Å². The summed E-state index contributed by atoms with van der Waals surface area (Å²) in [6.45, 7) is 0.770. The van der Waals surface area contributed by atoms with Crippen molar-refractivity contribution in [1.29, 1.82) is 0 Å². The molecule has 5 rings (SSSR count). The van der Waals surface area contributed by atoms with Crippen molar-refractivity contribution in [2.24, 2.45) is 7.05 Å². The number of amides is 1. The summed E-state index contributed by atoms with van der Waals surface area (Å²) in [5.74, 6) is 1.12. The van der Waals surface area contributed by atoms with Gasteiger partial charge in [0.1, 0.15) is 5.82 Å². The highest BCUT2D eigenvalue weighted by Gasteiger charge is 2.34. The minimum atomic E-state index is -0.0681. The molecule has 1 fully saturated rings. The summed E-state index contributed by atoms with van der Waals surface area (Å²) in [5, 5.41) is 0.697. The quantitative estimate of drug-likeness (QED) is 0.425. The number of rotatable bonds is 5. The van der Waals surface area contributed by atoms with Crippen LogP contribution in [0.15, 0.2) is 73.1 Å². The molecule has 2 atom stereocenters. The van der Waals surface area contributed by atoms with Crippen LogP contribution in [0.3, 0.4) is 0 Å². The first-order valence-electron chi connectivity index (χ1n) is 10.7. The lowest BCUT2D eigenvalue weighted by atomic mass is 10.0. The molecule has 1 saturated heterocycles. The third-order valence-corrected chi connectivity index (χ3v) is 6.56. The number of aryl methyl sites for hydroxylation is 1. The number of likely N-dealkylation sites (tertiary alicyclic amines) is 1. The topological polar surface area (TPSA) is 43.1 Å². The van der Waals surface area contributed by atoms with E-state index < -0.39 is 0 Å². The lowest BCUT2D eigenvalue weighted by Crippen LogP contribution is -2.33. The van der Waals surface area contributed by atoms with E-state index >= 15 is 0 Å². The molecular weight excluding hydrogens is 408 g/mol. The predicted molar refractivity (Wildman–Crippen MR) is 123 cm³/mol. The van der Waals surface area contributed by atoms with Gasteiger partial charge >= 0.3 is 0 Å². The van der Waals surface area contributed by atoms with Crippen LogP contribution in [0.25, 0.3) is 11.0 Å². The molecule has 3 heterocycles. The van der Waals surface area contributed by atoms with E-state index in [9.17, 15) is 4.79 Å². The van der Waals surface area contributed by atoms with Crippen molar-refractivity contribution in [2.45, 2.75) is 31.3 Å². The Kier molecular flexibility index (Phi) is 5.28. The van der Waals surface area contributed by atoms with Gasteiger partial charge in [0.15, 0.2) is 0 Å². The predicted octanol–water partition coefficient (Wildman–Crippen LogP) is 5.37. The second-order valence-corrected chi connectivity index (χ2v) is 8.60. The molecule has 2 aromatic carbocycles. The van der Waals surface area contributed by atoms with Crippen LogP contribution >= 0.6 is 11.6 Å². The Morgan fingerprint density at radius 2 is 1.84 bits per heavy atom. The number of para-hydroxylation sites is 2. The number of carbonyl (C=O) groups is 1. The van der Waals surface area contributed by atoms with Crippen LogP contribution < -0.4 is 0 Å². The number of carbonyl (C=O) groups excluding carboxylic acids is 1. The Morgan fingerprint density at radius 1 is 1.10 bits per heavy atom. The number of nitrogens with zero attached hydrogens (tertiary/aromatic N) is 4. The molecule has 4 aromatic rings. The van der Waals surface area contributed by atoms with Gasteiger partial charge in [0.25, 0.3) is 0 Å². The van der Waals surface area contributed by atoms with Gasteiger partial charge in [-0.25, -0.2) is 4.98 Å². The van der Waals surface area contributed by atoms with Gasteiger partial charge in [-0.05, 0) is 54.8 Å². The van der Waals surface area contributed by atoms with Gasteiger partial charge in [0, 0.05) is 31.0 Å². The smallest absolute Gasteiger partial charge is 0.225 e. The van der Waals surface area contributed by atoms with Gasteiger partial charge in [-0.2, -0.15) is 0 Å². The molecule has 0 unspecified atom stereocenters. The first kappa shape index (κ1) is 19.9. The van der Waals surface area contributed by atoms with E-state index in [0.717, 1.165) is 41.8 Å². The van der Waals surface area contributed by atoms with Crippen LogP contribution in [0.2, 0.25) is 5.02 Å². The standard InChI is InChI=1S/C25H25ClN4O/c1-28-21-8-3-2-7-20(21)27-25(28)22-9-6-16-30(22)24(31)17-23(29-14-4-5-15-29)18-10-12-19(26)13-11-18/h2-5,7-8,10-15,22-23H,6,9,16-17H2,1H3/t22-,23-/m0/s1. The van der Waals surface area contributed by atoms with Gasteiger partial charge < -0.3 is 14.0 Å². The van der Waals surface area contributed by atoms with Crippen molar-refractivity contribution >= 4 is 28.5 Å². The van der Waals surface area contributed by atoms with Crippen molar-refractivity contribution in [1.82, 2.24) is 19.0 Å². The lowest BCUT2D eigenvalue weighted by Gasteiger charge is -2.27. The van der Waals surface area contributed by atoms with Crippen molar-refractivity contribution in [3.8, 4) is 0 Å². The first-order chi connectivity index (χ1) is 15.1. The number of imidazole rings is 1. The fraction of sp³-hybridized carbons (Fsp3) is 0.280. The SMILES string of the molecule is Cn1c([C@@H]2CCCN2C(=O)C[C@@H](c2ccc(Cl)cc2)n2cccc2)nc2ccccc21. The highest BCUT2D eigenvalue weighted by atomic mass is 35.5. The third-order valence-electron chi connectivity index (χ3n) is 6.30. The Bertz CT molecular complexity index is 1200. The molecule has 6 heteroatoms. The Hall–Kier alpha value is -3.05. The summed E-state index contributed by atoms with van der Waals surface area (Å²) >= 11 is 6.09. The Balaban J connectivity index is 1.43. The van der Waals surface area contributed by atoms with Gasteiger partial charge in [0.2, 0.25) is 5.91 Å². The van der Waals surface area contributed by atoms with Crippen LogP contribution in [-0.4, -0.2) is 31.5 Å². The van der Waals surface area contributed by atoms with E-state index in [1.54, 1.807) is 0 Å². The minimum Gasteiger partial charge on any atom is -0.346 e. The number of hydrogen-bond donors (Lipinski definition) is 0. The van der Waals surface area contributed by atoms with E-state index in [1.807, 2.05) is 78.9 Å². The summed E-state index contributed by atoms with van der Waals surface area (Å²) in [4.78, 5) is 20.4. The van der Waals surface area contributed by atoms with Gasteiger partial charge in [0.05, 0.1) is 29.5 Å². The van der Waals surface area contributed by atoms with Crippen LogP contribution in [0.4, 0.5) is 0 Å². The zero-order valence-corrected chi connectivity index (χ0v) is 18.2. The van der Waals surface area contributed by atoms with Gasteiger partial charge in [-0.1, -0.05) is 35.9 Å². The number of hydrogen-bond acceptors (Lipinski definition) is 2. The molecule has 0 radical (unpaired) electrons. The fourth-order valence-electron chi connectivity index (χ4n) is 4.71. The molecule has 5 nitrogen and oxygen atoms in total. The average molecular weight is 433 g/mol. The monoisotopic (exact) mass is 432 g/mol. The van der Waals surface area contributed by atoms with Gasteiger partial charge in [-0.3, -0.25) is 4.79 Å². The maximum absolute atomic E-state index is 13.6. The summed E-state index contributed by atoms with van der Waals surface area (Å²) < 4.78 is 4.23. The molecule has 2 aromatic heterocycles. The van der Waals surface area contributed by atoms with Crippen LogP contribution in [0.5, 0.6) is 0 Å². The van der Waals surface area contributed by atoms with E-state index in [1.165, 1.54) is 0 Å². The number of fused-ring (bicyclic) bond motifs is 1. The Labute approximate surface area is 186 Å². The maximum atomic E-state index is 13.6. The lowest BCUT2D eigenvalue weighted by molar-refractivity contribution is -0.132. The van der Waals surface area contributed by atoms with Crippen molar-refractivity contribution < 1.29 is 4.79 Å². The zero-order chi connectivity index (χ0) is 21.4. The zero-order valence-electron chi connectivity index (χ0n) is 17.5. The van der Waals surface area contributed by atoms with E-state index in [2.05, 4.69) is 15.2 Å². The molecule has 0 bridgehead atoms. The third kappa shape index (κ3) is 3.74. The van der Waals surface area contributed by atoms with Crippen LogP contribution in [0, 0.1) is 0 Å². The summed E-state index contributed by atoms with van der Waals surface area (Å²) in [6, 6.07) is 19.9. The first-order valence-corrected chi connectivity index (χ1v) is 11.1. The largest absolute Gasteiger partial charge is 0.346 e. The molecule has 0 saturated carbocycles. The van der Waals surface area contributed by atoms with Crippen molar-refractivity contribution in [3.63, 3.8) is 0 Å². The molecule has 0 N–H and O–H groups in total. The molecular formula is C25H25ClN4O. The van der Waals surface area contributed by atoms with Gasteiger partial charge in [-0.15, -0.1) is 0 Å². The average Bonchev–Trinajstić information content (AvgIpc) is 3.53. The Morgan fingerprint density at radius 3 is 2.58 bits per heavy atom. The second kappa shape index (κ2) is 8.23. The number of halogens is 1. The minimum absolute atomic E-state index is 0.0143. The van der Waals surface area contributed by atoms with Crippen molar-refractivity contribution in [2.75, 3.05) is 6.54 Å². The normalized spacial score (nSPS) is 17.4.